The summed E-state index contributed by atoms with van der Waals surface area (Å²) in [5, 5.41) is 0.622. The standard InChI is InChI=1S/C29H23F4N3O3/c1-36(28(37)21-9-20-22-12-39-13-23(22)27(34)35-25(20)10-24(21)30)26-14-38-11-17-8-16(4-7-19(17)26)15-2-5-18(6-3-15)29(31,32)33/h2-10,26H,11-14H2,1H3,(H2,34,35)/t26-/m1/s1. The lowest BCUT2D eigenvalue weighted by Gasteiger charge is -2.33. The molecule has 2 aliphatic heterocycles. The number of likely N-dealkylation sites (N-methyl/N-ethyl adjacent to an activating group) is 1. The van der Waals surface area contributed by atoms with E-state index in [1.54, 1.807) is 13.1 Å². The average molecular weight is 538 g/mol. The topological polar surface area (TPSA) is 77.7 Å². The molecule has 0 fully saturated rings. The Morgan fingerprint density at radius 2 is 1.69 bits per heavy atom. The fourth-order valence-corrected chi connectivity index (χ4v) is 5.27. The summed E-state index contributed by atoms with van der Waals surface area (Å²) in [6, 6.07) is 12.7. The Balaban J connectivity index is 1.31. The number of carbonyl (C=O) groups is 1. The van der Waals surface area contributed by atoms with Crippen LogP contribution in [0.4, 0.5) is 23.4 Å². The van der Waals surface area contributed by atoms with Crippen LogP contribution in [0, 0.1) is 5.82 Å². The van der Waals surface area contributed by atoms with Gasteiger partial charge in [0.15, 0.2) is 0 Å². The van der Waals surface area contributed by atoms with Gasteiger partial charge in [0.05, 0.1) is 49.1 Å². The first-order valence-corrected chi connectivity index (χ1v) is 12.3. The van der Waals surface area contributed by atoms with Gasteiger partial charge in [-0.15, -0.1) is 0 Å². The maximum Gasteiger partial charge on any atom is 0.416 e. The molecule has 0 aliphatic carbocycles. The van der Waals surface area contributed by atoms with Gasteiger partial charge in [0.1, 0.15) is 11.6 Å². The second-order valence-corrected chi connectivity index (χ2v) is 9.73. The van der Waals surface area contributed by atoms with Gasteiger partial charge in [0.2, 0.25) is 0 Å². The fourth-order valence-electron chi connectivity index (χ4n) is 5.27. The Hall–Kier alpha value is -4.02. The molecule has 0 saturated heterocycles. The molecule has 39 heavy (non-hydrogen) atoms. The zero-order valence-electron chi connectivity index (χ0n) is 20.8. The van der Waals surface area contributed by atoms with Crippen LogP contribution < -0.4 is 5.73 Å². The number of hydrogen-bond acceptors (Lipinski definition) is 5. The summed E-state index contributed by atoms with van der Waals surface area (Å²) in [4.78, 5) is 19.3. The predicted octanol–water partition coefficient (Wildman–Crippen LogP) is 6.02. The molecule has 0 radical (unpaired) electrons. The van der Waals surface area contributed by atoms with Crippen LogP contribution in [0.3, 0.4) is 0 Å². The molecule has 0 spiro atoms. The minimum Gasteiger partial charge on any atom is -0.383 e. The first-order chi connectivity index (χ1) is 18.6. The lowest BCUT2D eigenvalue weighted by atomic mass is 9.93. The van der Waals surface area contributed by atoms with Gasteiger partial charge in [-0.1, -0.05) is 24.3 Å². The number of benzene rings is 3. The molecule has 2 aliphatic rings. The molecule has 10 heteroatoms. The Morgan fingerprint density at radius 1 is 0.974 bits per heavy atom. The molecule has 1 atom stereocenters. The molecule has 4 aromatic rings. The van der Waals surface area contributed by atoms with E-state index in [1.807, 2.05) is 12.1 Å². The normalized spacial score (nSPS) is 16.7. The number of nitrogens with zero attached hydrogens (tertiary/aromatic N) is 2. The molecule has 6 rings (SSSR count). The number of fused-ring (bicyclic) bond motifs is 4. The van der Waals surface area contributed by atoms with Crippen molar-refractivity contribution in [2.45, 2.75) is 32.0 Å². The molecular weight excluding hydrogens is 514 g/mol. The highest BCUT2D eigenvalue weighted by molar-refractivity contribution is 5.99. The van der Waals surface area contributed by atoms with E-state index in [-0.39, 0.29) is 24.6 Å². The van der Waals surface area contributed by atoms with Crippen molar-refractivity contribution in [2.24, 2.45) is 0 Å². The Bertz CT molecular complexity index is 1620. The van der Waals surface area contributed by atoms with E-state index < -0.39 is 29.5 Å². The van der Waals surface area contributed by atoms with Gasteiger partial charge >= 0.3 is 6.18 Å². The van der Waals surface area contributed by atoms with E-state index in [2.05, 4.69) is 4.98 Å². The summed E-state index contributed by atoms with van der Waals surface area (Å²) in [5.74, 6) is -0.941. The molecular formula is C29H23F4N3O3. The molecule has 2 N–H and O–H groups in total. The van der Waals surface area contributed by atoms with Crippen LogP contribution in [0.5, 0.6) is 0 Å². The number of nitrogen functional groups attached to an aromatic ring is 1. The smallest absolute Gasteiger partial charge is 0.383 e. The highest BCUT2D eigenvalue weighted by Crippen LogP contribution is 2.36. The highest BCUT2D eigenvalue weighted by Gasteiger charge is 2.32. The van der Waals surface area contributed by atoms with Crippen LogP contribution in [0.1, 0.15) is 44.2 Å². The van der Waals surface area contributed by atoms with Gasteiger partial charge in [0, 0.05) is 24.1 Å². The van der Waals surface area contributed by atoms with Crippen molar-refractivity contribution in [3.63, 3.8) is 0 Å². The Kier molecular flexibility index (Phi) is 6.04. The van der Waals surface area contributed by atoms with Crippen molar-refractivity contribution in [1.29, 1.82) is 0 Å². The summed E-state index contributed by atoms with van der Waals surface area (Å²) < 4.78 is 65.3. The molecule has 3 heterocycles. The zero-order chi connectivity index (χ0) is 27.5. The van der Waals surface area contributed by atoms with Crippen molar-refractivity contribution in [3.05, 3.63) is 93.8 Å². The van der Waals surface area contributed by atoms with Crippen molar-refractivity contribution < 1.29 is 31.8 Å². The second kappa shape index (κ2) is 9.32. The van der Waals surface area contributed by atoms with Gasteiger partial charge in [-0.3, -0.25) is 4.79 Å². The van der Waals surface area contributed by atoms with Gasteiger partial charge in [-0.2, -0.15) is 13.2 Å². The number of anilines is 1. The first kappa shape index (κ1) is 25.3. The fraction of sp³-hybridized carbons (Fsp3) is 0.241. The number of rotatable bonds is 3. The molecule has 0 saturated carbocycles. The number of pyridine rings is 1. The Labute approximate surface area is 221 Å². The van der Waals surface area contributed by atoms with E-state index in [1.165, 1.54) is 29.2 Å². The van der Waals surface area contributed by atoms with Gasteiger partial charge in [-0.25, -0.2) is 9.37 Å². The molecule has 0 unspecified atom stereocenters. The third-order valence-electron chi connectivity index (χ3n) is 7.42. The minimum absolute atomic E-state index is 0.0980. The first-order valence-electron chi connectivity index (χ1n) is 12.3. The zero-order valence-corrected chi connectivity index (χ0v) is 20.8. The van der Waals surface area contributed by atoms with Crippen LogP contribution in [0.15, 0.2) is 54.6 Å². The van der Waals surface area contributed by atoms with Gasteiger partial charge in [0.25, 0.3) is 5.91 Å². The highest BCUT2D eigenvalue weighted by atomic mass is 19.4. The third-order valence-corrected chi connectivity index (χ3v) is 7.42. The number of hydrogen-bond donors (Lipinski definition) is 1. The van der Waals surface area contributed by atoms with Crippen LogP contribution in [0.25, 0.3) is 22.0 Å². The summed E-state index contributed by atoms with van der Waals surface area (Å²) in [5.41, 5.74) is 10.1. The van der Waals surface area contributed by atoms with E-state index in [0.29, 0.717) is 29.7 Å². The van der Waals surface area contributed by atoms with E-state index >= 15 is 4.39 Å². The quantitative estimate of drug-likeness (QED) is 0.324. The number of nitrogens with two attached hydrogens (primary N) is 1. The van der Waals surface area contributed by atoms with Gasteiger partial charge in [-0.05, 0) is 52.1 Å². The molecule has 3 aromatic carbocycles. The lowest BCUT2D eigenvalue weighted by molar-refractivity contribution is -0.137. The SMILES string of the molecule is CN(C(=O)c1cc2c3c(c(N)nc2cc1F)COC3)[C@@H]1COCc2cc(-c3ccc(C(F)(F)F)cc3)ccc21. The van der Waals surface area contributed by atoms with Crippen LogP contribution >= 0.6 is 0 Å². The second-order valence-electron chi connectivity index (χ2n) is 9.73. The summed E-state index contributed by atoms with van der Waals surface area (Å²) in [6.07, 6.45) is -4.41. The Morgan fingerprint density at radius 3 is 2.44 bits per heavy atom. The largest absolute Gasteiger partial charge is 0.416 e. The van der Waals surface area contributed by atoms with Crippen molar-refractivity contribution >= 4 is 22.6 Å². The lowest BCUT2D eigenvalue weighted by Crippen LogP contribution is -2.36. The summed E-state index contributed by atoms with van der Waals surface area (Å²) >= 11 is 0. The monoisotopic (exact) mass is 537 g/mol. The van der Waals surface area contributed by atoms with Crippen molar-refractivity contribution in [3.8, 4) is 11.1 Å². The number of halogens is 4. The molecule has 6 nitrogen and oxygen atoms in total. The van der Waals surface area contributed by atoms with Crippen LogP contribution in [0.2, 0.25) is 0 Å². The average Bonchev–Trinajstić information content (AvgIpc) is 3.42. The summed E-state index contributed by atoms with van der Waals surface area (Å²) in [7, 11) is 1.59. The number of aromatic nitrogens is 1. The van der Waals surface area contributed by atoms with Gasteiger partial charge < -0.3 is 20.1 Å². The predicted molar refractivity (Wildman–Crippen MR) is 136 cm³/mol. The third kappa shape index (κ3) is 4.39. The van der Waals surface area contributed by atoms with Crippen LogP contribution in [-0.4, -0.2) is 29.4 Å². The number of amides is 1. The maximum absolute atomic E-state index is 15.2. The minimum atomic E-state index is -4.41. The molecule has 200 valence electrons. The number of ether oxygens (including phenoxy) is 2. The van der Waals surface area contributed by atoms with Crippen molar-refractivity contribution in [2.75, 3.05) is 19.4 Å². The summed E-state index contributed by atoms with van der Waals surface area (Å²) in [6.45, 7) is 1.12. The number of carbonyl (C=O) groups excluding carboxylic acids is 1. The van der Waals surface area contributed by atoms with E-state index in [4.69, 9.17) is 15.2 Å². The van der Waals surface area contributed by atoms with E-state index in [0.717, 1.165) is 39.9 Å². The maximum atomic E-state index is 15.2. The molecule has 1 amide bonds. The molecule has 1 aromatic heterocycles. The van der Waals surface area contributed by atoms with Crippen molar-refractivity contribution in [1.82, 2.24) is 9.88 Å². The number of alkyl halides is 3. The van der Waals surface area contributed by atoms with Crippen LogP contribution in [-0.2, 0) is 35.5 Å². The van der Waals surface area contributed by atoms with E-state index in [9.17, 15) is 18.0 Å². The molecule has 0 bridgehead atoms.